The zero-order valence-corrected chi connectivity index (χ0v) is 10.3. The lowest BCUT2D eigenvalue weighted by Crippen LogP contribution is -2.22. The van der Waals surface area contributed by atoms with Gasteiger partial charge in [0.2, 0.25) is 0 Å². The largest absolute Gasteiger partial charge is 0.490 e. The summed E-state index contributed by atoms with van der Waals surface area (Å²) in [6, 6.07) is 6.09. The number of ether oxygens (including phenoxy) is 2. The summed E-state index contributed by atoms with van der Waals surface area (Å²) in [6.07, 6.45) is 0. The van der Waals surface area contributed by atoms with Crippen LogP contribution in [0.4, 0.5) is 4.39 Å². The molecule has 0 saturated heterocycles. The first-order valence-corrected chi connectivity index (χ1v) is 5.39. The van der Waals surface area contributed by atoms with Gasteiger partial charge in [0.15, 0.2) is 0 Å². The van der Waals surface area contributed by atoms with Gasteiger partial charge in [0.1, 0.15) is 29.8 Å². The van der Waals surface area contributed by atoms with Crippen LogP contribution in [0.3, 0.4) is 0 Å². The lowest BCUT2D eigenvalue weighted by atomic mass is 10.2. The highest BCUT2D eigenvalue weighted by atomic mass is 19.1. The molecule has 0 bridgehead atoms. The van der Waals surface area contributed by atoms with Crippen molar-refractivity contribution in [2.75, 3.05) is 13.2 Å². The van der Waals surface area contributed by atoms with Gasteiger partial charge in [-0.05, 0) is 32.9 Å². The number of hydrogen-bond donors (Lipinski definition) is 0. The van der Waals surface area contributed by atoms with E-state index < -0.39 is 5.82 Å². The molecule has 0 aliphatic heterocycles. The maximum absolute atomic E-state index is 13.2. The molecule has 3 nitrogen and oxygen atoms in total. The Labute approximate surface area is 101 Å². The molecule has 0 aliphatic carbocycles. The molecule has 0 radical (unpaired) electrons. The predicted molar refractivity (Wildman–Crippen MR) is 62.3 cm³/mol. The van der Waals surface area contributed by atoms with E-state index in [1.165, 1.54) is 12.1 Å². The van der Waals surface area contributed by atoms with Gasteiger partial charge >= 0.3 is 0 Å². The van der Waals surface area contributed by atoms with Crippen molar-refractivity contribution in [2.45, 2.75) is 26.4 Å². The Bertz CT molecular complexity index is 418. The fourth-order valence-corrected chi connectivity index (χ4v) is 1.23. The predicted octanol–water partition coefficient (Wildman–Crippen LogP) is 2.89. The minimum Gasteiger partial charge on any atom is -0.490 e. The summed E-state index contributed by atoms with van der Waals surface area (Å²) in [5.74, 6) is -0.313. The van der Waals surface area contributed by atoms with Crippen LogP contribution in [0.25, 0.3) is 0 Å². The third-order valence-corrected chi connectivity index (χ3v) is 1.96. The van der Waals surface area contributed by atoms with Gasteiger partial charge in [0.05, 0.1) is 12.2 Å². The van der Waals surface area contributed by atoms with E-state index in [2.05, 4.69) is 0 Å². The maximum atomic E-state index is 13.2. The molecule has 1 aromatic carbocycles. The molecule has 1 rings (SSSR count). The first kappa shape index (κ1) is 13.5. The van der Waals surface area contributed by atoms with Crippen LogP contribution >= 0.6 is 0 Å². The van der Waals surface area contributed by atoms with E-state index >= 15 is 0 Å². The fraction of sp³-hybridized carbons (Fsp3) is 0.462. The Morgan fingerprint density at radius 1 is 1.29 bits per heavy atom. The van der Waals surface area contributed by atoms with Gasteiger partial charge in [0, 0.05) is 0 Å². The highest BCUT2D eigenvalue weighted by Crippen LogP contribution is 2.20. The highest BCUT2D eigenvalue weighted by molar-refractivity contribution is 5.43. The molecule has 0 unspecified atom stereocenters. The van der Waals surface area contributed by atoms with Crippen LogP contribution in [0.15, 0.2) is 18.2 Å². The first-order chi connectivity index (χ1) is 7.94. The number of hydrogen-bond acceptors (Lipinski definition) is 3. The molecule has 92 valence electrons. The Morgan fingerprint density at radius 3 is 2.59 bits per heavy atom. The van der Waals surface area contributed by atoms with Crippen LogP contribution in [-0.4, -0.2) is 18.8 Å². The van der Waals surface area contributed by atoms with Crippen LogP contribution < -0.4 is 4.74 Å². The van der Waals surface area contributed by atoms with Crippen LogP contribution in [0, 0.1) is 17.1 Å². The number of benzene rings is 1. The lowest BCUT2D eigenvalue weighted by molar-refractivity contribution is -0.0163. The van der Waals surface area contributed by atoms with Crippen molar-refractivity contribution in [2.24, 2.45) is 0 Å². The molecule has 0 aliphatic rings. The molecule has 0 N–H and O–H groups in total. The lowest BCUT2D eigenvalue weighted by Gasteiger charge is -2.19. The molecule has 0 spiro atoms. The number of halogens is 1. The van der Waals surface area contributed by atoms with Crippen molar-refractivity contribution in [1.82, 2.24) is 0 Å². The summed E-state index contributed by atoms with van der Waals surface area (Å²) in [7, 11) is 0. The molecule has 4 heteroatoms. The van der Waals surface area contributed by atoms with Gasteiger partial charge in [-0.3, -0.25) is 0 Å². The molecular formula is C13H16FNO2. The average Bonchev–Trinajstić information content (AvgIpc) is 2.23. The van der Waals surface area contributed by atoms with E-state index in [4.69, 9.17) is 14.7 Å². The van der Waals surface area contributed by atoms with Gasteiger partial charge in [-0.25, -0.2) is 4.39 Å². The van der Waals surface area contributed by atoms with Crippen molar-refractivity contribution in [1.29, 1.82) is 5.26 Å². The highest BCUT2D eigenvalue weighted by Gasteiger charge is 2.11. The summed E-state index contributed by atoms with van der Waals surface area (Å²) in [6.45, 7) is 6.50. The summed E-state index contributed by atoms with van der Waals surface area (Å²) in [4.78, 5) is 0. The molecular weight excluding hydrogens is 221 g/mol. The van der Waals surface area contributed by atoms with Crippen LogP contribution in [0.5, 0.6) is 5.75 Å². The van der Waals surface area contributed by atoms with Gasteiger partial charge in [0.25, 0.3) is 0 Å². The second-order valence-electron chi connectivity index (χ2n) is 4.53. The zero-order valence-electron chi connectivity index (χ0n) is 10.3. The number of nitriles is 1. The molecule has 0 fully saturated rings. The molecule has 0 saturated carbocycles. The first-order valence-electron chi connectivity index (χ1n) is 5.39. The van der Waals surface area contributed by atoms with Gasteiger partial charge in [-0.2, -0.15) is 5.26 Å². The van der Waals surface area contributed by atoms with E-state index in [-0.39, 0.29) is 23.5 Å². The summed E-state index contributed by atoms with van der Waals surface area (Å²) < 4.78 is 24.0. The topological polar surface area (TPSA) is 42.2 Å². The van der Waals surface area contributed by atoms with Crippen molar-refractivity contribution in [3.63, 3.8) is 0 Å². The maximum Gasteiger partial charge on any atom is 0.144 e. The third-order valence-electron chi connectivity index (χ3n) is 1.96. The zero-order chi connectivity index (χ0) is 12.9. The number of rotatable bonds is 4. The smallest absolute Gasteiger partial charge is 0.144 e. The third kappa shape index (κ3) is 4.41. The molecule has 0 heterocycles. The second kappa shape index (κ2) is 5.65. The van der Waals surface area contributed by atoms with Crippen molar-refractivity contribution >= 4 is 0 Å². The Hall–Kier alpha value is -1.60. The van der Waals surface area contributed by atoms with Gasteiger partial charge in [-0.15, -0.1) is 0 Å². The molecule has 0 amide bonds. The van der Waals surface area contributed by atoms with E-state index in [1.807, 2.05) is 20.8 Å². The van der Waals surface area contributed by atoms with Gasteiger partial charge < -0.3 is 9.47 Å². The second-order valence-corrected chi connectivity index (χ2v) is 4.53. The van der Waals surface area contributed by atoms with E-state index in [9.17, 15) is 4.39 Å². The Morgan fingerprint density at radius 2 is 2.00 bits per heavy atom. The minimum absolute atomic E-state index is 0.0664. The Kier molecular flexibility index (Phi) is 4.47. The fourth-order valence-electron chi connectivity index (χ4n) is 1.23. The average molecular weight is 237 g/mol. The van der Waals surface area contributed by atoms with Crippen molar-refractivity contribution in [3.8, 4) is 11.8 Å². The molecule has 0 aromatic heterocycles. The molecule has 17 heavy (non-hydrogen) atoms. The normalized spacial score (nSPS) is 11.0. The van der Waals surface area contributed by atoms with Crippen LogP contribution in [0.2, 0.25) is 0 Å². The minimum atomic E-state index is -0.568. The standard InChI is InChI=1S/C13H16FNO2/c1-13(2,3)17-8-7-16-12-6-4-5-11(14)10(12)9-15/h4-6H,7-8H2,1-3H3. The van der Waals surface area contributed by atoms with Crippen molar-refractivity contribution in [3.05, 3.63) is 29.6 Å². The van der Waals surface area contributed by atoms with Crippen LogP contribution in [0.1, 0.15) is 26.3 Å². The molecule has 0 atom stereocenters. The quantitative estimate of drug-likeness (QED) is 0.756. The van der Waals surface area contributed by atoms with E-state index in [1.54, 1.807) is 12.1 Å². The van der Waals surface area contributed by atoms with E-state index in [0.717, 1.165) is 0 Å². The molecule has 1 aromatic rings. The summed E-state index contributed by atoms with van der Waals surface area (Å²) >= 11 is 0. The summed E-state index contributed by atoms with van der Waals surface area (Å²) in [5.41, 5.74) is -0.299. The van der Waals surface area contributed by atoms with Gasteiger partial charge in [-0.1, -0.05) is 6.07 Å². The number of nitrogens with zero attached hydrogens (tertiary/aromatic N) is 1. The van der Waals surface area contributed by atoms with E-state index in [0.29, 0.717) is 6.61 Å². The Balaban J connectivity index is 2.53. The summed E-state index contributed by atoms with van der Waals surface area (Å²) in [5, 5.41) is 8.78. The van der Waals surface area contributed by atoms with Crippen LogP contribution in [-0.2, 0) is 4.74 Å². The van der Waals surface area contributed by atoms with Crippen molar-refractivity contribution < 1.29 is 13.9 Å². The SMILES string of the molecule is CC(C)(C)OCCOc1cccc(F)c1C#N. The monoisotopic (exact) mass is 237 g/mol.